The minimum absolute atomic E-state index is 0.520. The molecular weight excluding hydrogens is 222 g/mol. The molecule has 0 unspecified atom stereocenters. The Morgan fingerprint density at radius 1 is 1.17 bits per heavy atom. The van der Waals surface area contributed by atoms with Crippen molar-refractivity contribution in [3.8, 4) is 6.07 Å². The zero-order valence-corrected chi connectivity index (χ0v) is 11.1. The third-order valence-electron chi connectivity index (χ3n) is 3.54. The van der Waals surface area contributed by atoms with Crippen LogP contribution in [-0.4, -0.2) is 11.0 Å². The number of nitriles is 1. The summed E-state index contributed by atoms with van der Waals surface area (Å²) in [5.41, 5.74) is 1.60. The second-order valence-electron chi connectivity index (χ2n) is 5.18. The molecule has 1 N–H and O–H groups in total. The average molecular weight is 243 g/mol. The van der Waals surface area contributed by atoms with E-state index in [1.54, 1.807) is 0 Å². The van der Waals surface area contributed by atoms with E-state index in [-0.39, 0.29) is 0 Å². The zero-order valence-electron chi connectivity index (χ0n) is 11.1. The molecule has 0 aliphatic heterocycles. The number of rotatable bonds is 2. The molecule has 1 aromatic rings. The lowest BCUT2D eigenvalue weighted by molar-refractivity contribution is 0.470. The van der Waals surface area contributed by atoms with Crippen molar-refractivity contribution in [1.82, 2.24) is 4.98 Å². The van der Waals surface area contributed by atoms with Gasteiger partial charge in [0.05, 0.1) is 11.6 Å². The van der Waals surface area contributed by atoms with Crippen molar-refractivity contribution >= 4 is 5.82 Å². The Morgan fingerprint density at radius 3 is 2.50 bits per heavy atom. The molecule has 0 saturated heterocycles. The lowest BCUT2D eigenvalue weighted by Crippen LogP contribution is -2.21. The van der Waals surface area contributed by atoms with Crippen LogP contribution in [0.25, 0.3) is 0 Å². The van der Waals surface area contributed by atoms with Gasteiger partial charge in [0.1, 0.15) is 5.82 Å². The van der Waals surface area contributed by atoms with Gasteiger partial charge in [0, 0.05) is 11.7 Å². The van der Waals surface area contributed by atoms with Gasteiger partial charge in [-0.3, -0.25) is 0 Å². The van der Waals surface area contributed by atoms with Crippen LogP contribution in [0.2, 0.25) is 0 Å². The number of hydrogen-bond acceptors (Lipinski definition) is 3. The fourth-order valence-corrected chi connectivity index (χ4v) is 2.62. The van der Waals surface area contributed by atoms with Crippen LogP contribution >= 0.6 is 0 Å². The van der Waals surface area contributed by atoms with E-state index in [0.717, 1.165) is 11.5 Å². The summed E-state index contributed by atoms with van der Waals surface area (Å²) in [4.78, 5) is 4.47. The first-order chi connectivity index (χ1) is 8.78. The molecule has 18 heavy (non-hydrogen) atoms. The Hall–Kier alpha value is -1.56. The second kappa shape index (κ2) is 6.39. The number of pyridine rings is 1. The molecule has 1 heterocycles. The molecule has 1 aromatic heterocycles. The van der Waals surface area contributed by atoms with E-state index in [2.05, 4.69) is 16.4 Å². The van der Waals surface area contributed by atoms with E-state index in [1.165, 1.54) is 44.9 Å². The summed E-state index contributed by atoms with van der Waals surface area (Å²) in [6, 6.07) is 6.38. The molecule has 0 aromatic carbocycles. The lowest BCUT2D eigenvalue weighted by Gasteiger charge is -2.21. The number of nitrogens with zero attached hydrogens (tertiary/aromatic N) is 2. The van der Waals surface area contributed by atoms with Crippen molar-refractivity contribution in [2.45, 2.75) is 57.9 Å². The van der Waals surface area contributed by atoms with E-state index < -0.39 is 0 Å². The molecule has 0 atom stereocenters. The quantitative estimate of drug-likeness (QED) is 0.859. The highest BCUT2D eigenvalue weighted by Crippen LogP contribution is 2.20. The van der Waals surface area contributed by atoms with Crippen LogP contribution in [0, 0.1) is 18.3 Å². The predicted molar refractivity (Wildman–Crippen MR) is 73.4 cm³/mol. The summed E-state index contributed by atoms with van der Waals surface area (Å²) in [7, 11) is 0. The van der Waals surface area contributed by atoms with Gasteiger partial charge in [-0.05, 0) is 31.9 Å². The molecule has 96 valence electrons. The Kier molecular flexibility index (Phi) is 4.58. The van der Waals surface area contributed by atoms with Crippen molar-refractivity contribution in [3.05, 3.63) is 23.4 Å². The molecule has 0 spiro atoms. The highest BCUT2D eigenvalue weighted by atomic mass is 15.0. The first-order valence-electron chi connectivity index (χ1n) is 6.93. The maximum atomic E-state index is 8.97. The Bertz CT molecular complexity index is 426. The third kappa shape index (κ3) is 3.73. The van der Waals surface area contributed by atoms with Gasteiger partial charge in [0.25, 0.3) is 0 Å². The monoisotopic (exact) mass is 243 g/mol. The molecule has 0 bridgehead atoms. The first kappa shape index (κ1) is 12.9. The van der Waals surface area contributed by atoms with Gasteiger partial charge in [0.2, 0.25) is 0 Å². The predicted octanol–water partition coefficient (Wildman–Crippen LogP) is 3.79. The molecule has 1 saturated carbocycles. The molecule has 1 aliphatic rings. The molecular formula is C15H21N3. The lowest BCUT2D eigenvalue weighted by atomic mass is 9.97. The summed E-state index contributed by atoms with van der Waals surface area (Å²) in [6.45, 7) is 1.93. The normalized spacial score (nSPS) is 17.6. The van der Waals surface area contributed by atoms with Gasteiger partial charge in [-0.1, -0.05) is 32.1 Å². The minimum Gasteiger partial charge on any atom is -0.367 e. The number of anilines is 1. The average Bonchev–Trinajstić information content (AvgIpc) is 2.31. The van der Waals surface area contributed by atoms with Crippen LogP contribution in [0.5, 0.6) is 0 Å². The smallest absolute Gasteiger partial charge is 0.127 e. The van der Waals surface area contributed by atoms with Gasteiger partial charge in [-0.15, -0.1) is 0 Å². The van der Waals surface area contributed by atoms with Gasteiger partial charge in [-0.2, -0.15) is 5.26 Å². The van der Waals surface area contributed by atoms with E-state index in [0.29, 0.717) is 11.6 Å². The summed E-state index contributed by atoms with van der Waals surface area (Å²) >= 11 is 0. The topological polar surface area (TPSA) is 48.7 Å². The van der Waals surface area contributed by atoms with Crippen molar-refractivity contribution in [1.29, 1.82) is 5.26 Å². The third-order valence-corrected chi connectivity index (χ3v) is 3.54. The minimum atomic E-state index is 0.520. The van der Waals surface area contributed by atoms with E-state index in [1.807, 2.05) is 19.1 Å². The zero-order chi connectivity index (χ0) is 12.8. The maximum absolute atomic E-state index is 8.97. The van der Waals surface area contributed by atoms with Crippen molar-refractivity contribution in [3.63, 3.8) is 0 Å². The van der Waals surface area contributed by atoms with Crippen LogP contribution in [0.15, 0.2) is 12.1 Å². The SMILES string of the molecule is Cc1cc(C#N)cc(NC2CCCCCCC2)n1. The molecule has 2 rings (SSSR count). The summed E-state index contributed by atoms with van der Waals surface area (Å²) in [6.07, 6.45) is 9.12. The largest absolute Gasteiger partial charge is 0.367 e. The molecule has 3 heteroatoms. The van der Waals surface area contributed by atoms with E-state index in [9.17, 15) is 0 Å². The van der Waals surface area contributed by atoms with Gasteiger partial charge in [0.15, 0.2) is 0 Å². The van der Waals surface area contributed by atoms with Crippen molar-refractivity contribution in [2.24, 2.45) is 0 Å². The highest BCUT2D eigenvalue weighted by molar-refractivity contribution is 5.44. The van der Waals surface area contributed by atoms with Gasteiger partial charge in [-0.25, -0.2) is 4.98 Å². The van der Waals surface area contributed by atoms with Gasteiger partial charge >= 0.3 is 0 Å². The van der Waals surface area contributed by atoms with Crippen LogP contribution in [0.4, 0.5) is 5.82 Å². The van der Waals surface area contributed by atoms with Gasteiger partial charge < -0.3 is 5.32 Å². The van der Waals surface area contributed by atoms with Crippen LogP contribution in [0.1, 0.15) is 56.2 Å². The van der Waals surface area contributed by atoms with Crippen LogP contribution < -0.4 is 5.32 Å². The van der Waals surface area contributed by atoms with Crippen LogP contribution in [0.3, 0.4) is 0 Å². The Labute approximate surface area is 109 Å². The van der Waals surface area contributed by atoms with Crippen LogP contribution in [-0.2, 0) is 0 Å². The van der Waals surface area contributed by atoms with Crippen molar-refractivity contribution < 1.29 is 0 Å². The molecule has 1 aliphatic carbocycles. The number of aromatic nitrogens is 1. The summed E-state index contributed by atoms with van der Waals surface area (Å²) in [5, 5.41) is 12.5. The Balaban J connectivity index is 2.03. The van der Waals surface area contributed by atoms with Crippen molar-refractivity contribution in [2.75, 3.05) is 5.32 Å². The Morgan fingerprint density at radius 2 is 1.83 bits per heavy atom. The summed E-state index contributed by atoms with van der Waals surface area (Å²) < 4.78 is 0. The number of nitrogens with one attached hydrogen (secondary N) is 1. The first-order valence-corrected chi connectivity index (χ1v) is 6.93. The molecule has 0 amide bonds. The maximum Gasteiger partial charge on any atom is 0.127 e. The molecule has 0 radical (unpaired) electrons. The standard InChI is InChI=1S/C15H21N3/c1-12-9-13(11-16)10-15(17-12)18-14-7-5-3-2-4-6-8-14/h9-10,14H,2-8H2,1H3,(H,17,18). The number of hydrogen-bond donors (Lipinski definition) is 1. The second-order valence-corrected chi connectivity index (χ2v) is 5.18. The highest BCUT2D eigenvalue weighted by Gasteiger charge is 2.12. The fourth-order valence-electron chi connectivity index (χ4n) is 2.62. The molecule has 1 fully saturated rings. The number of aryl methyl sites for hydroxylation is 1. The summed E-state index contributed by atoms with van der Waals surface area (Å²) in [5.74, 6) is 0.858. The molecule has 3 nitrogen and oxygen atoms in total. The fraction of sp³-hybridized carbons (Fsp3) is 0.600. The van der Waals surface area contributed by atoms with E-state index in [4.69, 9.17) is 5.26 Å². The van der Waals surface area contributed by atoms with E-state index >= 15 is 0 Å².